The van der Waals surface area contributed by atoms with Gasteiger partial charge in [0.05, 0.1) is 12.8 Å². The van der Waals surface area contributed by atoms with Crippen molar-refractivity contribution >= 4 is 35.3 Å². The van der Waals surface area contributed by atoms with Crippen molar-refractivity contribution < 1.29 is 9.53 Å². The van der Waals surface area contributed by atoms with E-state index >= 15 is 0 Å². The standard InChI is InChI=1S/C24H21N3O2S/c1-29-20-12-10-19(11-13-20)26-27-23(18-6-4-3-5-7-18)25-22(24(27)28)16-17-8-14-21(30-2)15-9-17/h3-16,26H,1-2H3. The molecule has 4 rings (SSSR count). The molecule has 0 saturated heterocycles. The molecule has 150 valence electrons. The molecule has 30 heavy (non-hydrogen) atoms. The molecule has 0 fully saturated rings. The summed E-state index contributed by atoms with van der Waals surface area (Å²) in [5.74, 6) is 1.10. The van der Waals surface area contributed by atoms with E-state index < -0.39 is 0 Å². The topological polar surface area (TPSA) is 53.9 Å². The quantitative estimate of drug-likeness (QED) is 0.451. The predicted octanol–water partition coefficient (Wildman–Crippen LogP) is 5.07. The van der Waals surface area contributed by atoms with Crippen LogP contribution in [0.15, 0.2) is 94.4 Å². The number of amides is 1. The van der Waals surface area contributed by atoms with Gasteiger partial charge in [0.2, 0.25) is 0 Å². The van der Waals surface area contributed by atoms with E-state index in [0.29, 0.717) is 11.5 Å². The summed E-state index contributed by atoms with van der Waals surface area (Å²) in [7, 11) is 1.62. The number of amidine groups is 1. The minimum atomic E-state index is -0.210. The molecule has 3 aromatic carbocycles. The van der Waals surface area contributed by atoms with E-state index in [2.05, 4.69) is 10.4 Å². The number of hydrazine groups is 1. The fraction of sp³-hybridized carbons (Fsp3) is 0.0833. The fourth-order valence-electron chi connectivity index (χ4n) is 3.05. The lowest BCUT2D eigenvalue weighted by Crippen LogP contribution is -2.37. The van der Waals surface area contributed by atoms with Gasteiger partial charge < -0.3 is 4.74 Å². The van der Waals surface area contributed by atoms with Crippen molar-refractivity contribution in [2.45, 2.75) is 4.90 Å². The largest absolute Gasteiger partial charge is 0.497 e. The molecule has 0 spiro atoms. The first kappa shape index (κ1) is 19.8. The highest BCUT2D eigenvalue weighted by molar-refractivity contribution is 7.98. The number of rotatable bonds is 6. The number of thioether (sulfide) groups is 1. The van der Waals surface area contributed by atoms with Crippen LogP contribution in [0, 0.1) is 0 Å². The Balaban J connectivity index is 1.68. The molecule has 0 aromatic heterocycles. The molecular weight excluding hydrogens is 394 g/mol. The van der Waals surface area contributed by atoms with E-state index in [1.54, 1.807) is 18.9 Å². The first-order valence-electron chi connectivity index (χ1n) is 9.43. The molecule has 0 bridgehead atoms. The van der Waals surface area contributed by atoms with Gasteiger partial charge in [-0.15, -0.1) is 11.8 Å². The molecule has 1 N–H and O–H groups in total. The molecule has 6 heteroatoms. The van der Waals surface area contributed by atoms with E-state index in [1.165, 1.54) is 9.90 Å². The van der Waals surface area contributed by atoms with Crippen molar-refractivity contribution in [1.82, 2.24) is 5.01 Å². The van der Waals surface area contributed by atoms with Crippen molar-refractivity contribution in [3.05, 3.63) is 95.7 Å². The number of methoxy groups -OCH3 is 1. The zero-order valence-electron chi connectivity index (χ0n) is 16.7. The number of nitrogens with zero attached hydrogens (tertiary/aromatic N) is 2. The summed E-state index contributed by atoms with van der Waals surface area (Å²) in [6, 6.07) is 25.1. The monoisotopic (exact) mass is 415 g/mol. The van der Waals surface area contributed by atoms with Crippen LogP contribution in [-0.4, -0.2) is 30.1 Å². The van der Waals surface area contributed by atoms with Crippen LogP contribution >= 0.6 is 11.8 Å². The van der Waals surface area contributed by atoms with Crippen LogP contribution in [0.25, 0.3) is 6.08 Å². The molecule has 1 aliphatic rings. The van der Waals surface area contributed by atoms with Gasteiger partial charge >= 0.3 is 0 Å². The second kappa shape index (κ2) is 8.88. The van der Waals surface area contributed by atoms with Gasteiger partial charge in [0, 0.05) is 10.5 Å². The minimum Gasteiger partial charge on any atom is -0.497 e. The molecule has 0 saturated carbocycles. The van der Waals surface area contributed by atoms with E-state index in [0.717, 1.165) is 22.6 Å². The van der Waals surface area contributed by atoms with Crippen LogP contribution in [0.5, 0.6) is 5.75 Å². The Hall–Kier alpha value is -3.51. The van der Waals surface area contributed by atoms with Gasteiger partial charge in [0.25, 0.3) is 5.91 Å². The maximum absolute atomic E-state index is 13.2. The molecule has 5 nitrogen and oxygen atoms in total. The third-order valence-corrected chi connectivity index (χ3v) is 5.39. The third kappa shape index (κ3) is 4.23. The zero-order chi connectivity index (χ0) is 20.9. The lowest BCUT2D eigenvalue weighted by molar-refractivity contribution is -0.121. The molecule has 1 amide bonds. The average molecular weight is 416 g/mol. The van der Waals surface area contributed by atoms with Gasteiger partial charge in [-0.3, -0.25) is 10.2 Å². The van der Waals surface area contributed by atoms with Crippen molar-refractivity contribution in [3.63, 3.8) is 0 Å². The summed E-state index contributed by atoms with van der Waals surface area (Å²) in [4.78, 5) is 19.0. The molecule has 1 heterocycles. The summed E-state index contributed by atoms with van der Waals surface area (Å²) < 4.78 is 5.21. The minimum absolute atomic E-state index is 0.210. The van der Waals surface area contributed by atoms with Crippen molar-refractivity contribution in [2.24, 2.45) is 4.99 Å². The Morgan fingerprint density at radius 2 is 1.67 bits per heavy atom. The Kier molecular flexibility index (Phi) is 5.86. The van der Waals surface area contributed by atoms with Gasteiger partial charge in [0.15, 0.2) is 5.84 Å². The summed E-state index contributed by atoms with van der Waals surface area (Å²) in [5.41, 5.74) is 6.11. The number of nitrogens with one attached hydrogen (secondary N) is 1. The summed E-state index contributed by atoms with van der Waals surface area (Å²) in [5, 5.41) is 1.49. The highest BCUT2D eigenvalue weighted by atomic mass is 32.2. The van der Waals surface area contributed by atoms with E-state index in [1.807, 2.05) is 91.2 Å². The summed E-state index contributed by atoms with van der Waals surface area (Å²) in [6.07, 6.45) is 3.85. The van der Waals surface area contributed by atoms with Gasteiger partial charge in [-0.25, -0.2) is 4.99 Å². The van der Waals surface area contributed by atoms with Gasteiger partial charge in [-0.2, -0.15) is 5.01 Å². The fourth-order valence-corrected chi connectivity index (χ4v) is 3.46. The van der Waals surface area contributed by atoms with Gasteiger partial charge in [0.1, 0.15) is 11.4 Å². The van der Waals surface area contributed by atoms with Gasteiger partial charge in [-0.1, -0.05) is 42.5 Å². The van der Waals surface area contributed by atoms with Crippen LogP contribution in [0.4, 0.5) is 5.69 Å². The maximum Gasteiger partial charge on any atom is 0.297 e. The van der Waals surface area contributed by atoms with E-state index in [-0.39, 0.29) is 5.91 Å². The molecule has 0 atom stereocenters. The Morgan fingerprint density at radius 3 is 2.30 bits per heavy atom. The lowest BCUT2D eigenvalue weighted by atomic mass is 10.2. The lowest BCUT2D eigenvalue weighted by Gasteiger charge is -2.20. The smallest absolute Gasteiger partial charge is 0.297 e. The highest BCUT2D eigenvalue weighted by Gasteiger charge is 2.31. The maximum atomic E-state index is 13.2. The Bertz CT molecular complexity index is 1090. The first-order valence-corrected chi connectivity index (χ1v) is 10.7. The van der Waals surface area contributed by atoms with Crippen LogP contribution < -0.4 is 10.2 Å². The average Bonchev–Trinajstić information content (AvgIpc) is 3.10. The molecule has 0 aliphatic carbocycles. The molecular formula is C24H21N3O2S. The number of carbonyl (C=O) groups excluding carboxylic acids is 1. The van der Waals surface area contributed by atoms with Crippen LogP contribution in [0.3, 0.4) is 0 Å². The number of aliphatic imine (C=N–C) groups is 1. The molecule has 3 aromatic rings. The number of hydrogen-bond acceptors (Lipinski definition) is 5. The summed E-state index contributed by atoms with van der Waals surface area (Å²) in [6.45, 7) is 0. The first-order chi connectivity index (χ1) is 14.7. The SMILES string of the molecule is COc1ccc(NN2C(=O)C(=Cc3ccc(SC)cc3)N=C2c2ccccc2)cc1. The van der Waals surface area contributed by atoms with E-state index in [4.69, 9.17) is 4.74 Å². The second-order valence-electron chi connectivity index (χ2n) is 6.59. The molecule has 0 unspecified atom stereocenters. The van der Waals surface area contributed by atoms with E-state index in [9.17, 15) is 4.79 Å². The van der Waals surface area contributed by atoms with Gasteiger partial charge in [-0.05, 0) is 54.3 Å². The second-order valence-corrected chi connectivity index (χ2v) is 7.46. The zero-order valence-corrected chi connectivity index (χ0v) is 17.5. The Labute approximate surface area is 180 Å². The van der Waals surface area contributed by atoms with Crippen molar-refractivity contribution in [2.75, 3.05) is 18.8 Å². The number of anilines is 1. The number of ether oxygens (including phenoxy) is 1. The van der Waals surface area contributed by atoms with Crippen LogP contribution in [0.2, 0.25) is 0 Å². The van der Waals surface area contributed by atoms with Crippen molar-refractivity contribution in [3.8, 4) is 5.75 Å². The van der Waals surface area contributed by atoms with Crippen molar-refractivity contribution in [1.29, 1.82) is 0 Å². The van der Waals surface area contributed by atoms with Crippen LogP contribution in [0.1, 0.15) is 11.1 Å². The van der Waals surface area contributed by atoms with Crippen LogP contribution in [-0.2, 0) is 4.79 Å². The predicted molar refractivity (Wildman–Crippen MR) is 123 cm³/mol. The number of carbonyl (C=O) groups is 1. The Morgan fingerprint density at radius 1 is 0.967 bits per heavy atom. The molecule has 1 aliphatic heterocycles. The summed E-state index contributed by atoms with van der Waals surface area (Å²) >= 11 is 1.68. The molecule has 0 radical (unpaired) electrons. The third-order valence-electron chi connectivity index (χ3n) is 4.64. The number of benzene rings is 3. The highest BCUT2D eigenvalue weighted by Crippen LogP contribution is 2.25. The number of hydrogen-bond donors (Lipinski definition) is 1. The normalized spacial score (nSPS) is 14.7.